The van der Waals surface area contributed by atoms with Crippen LogP contribution in [-0.4, -0.2) is 91.1 Å². The summed E-state index contributed by atoms with van der Waals surface area (Å²) in [6.45, 7) is 5.30. The fourth-order valence-electron chi connectivity index (χ4n) is 5.56. The second-order valence-electron chi connectivity index (χ2n) is 10.3. The Kier molecular flexibility index (Phi) is 7.92. The van der Waals surface area contributed by atoms with Gasteiger partial charge in [-0.25, -0.2) is 17.7 Å². The van der Waals surface area contributed by atoms with E-state index in [0.29, 0.717) is 37.5 Å². The number of aromatic nitrogens is 2. The third-order valence-corrected chi connectivity index (χ3v) is 9.03. The van der Waals surface area contributed by atoms with Crippen molar-refractivity contribution in [3.05, 3.63) is 42.1 Å². The Labute approximate surface area is 219 Å². The summed E-state index contributed by atoms with van der Waals surface area (Å²) in [5.41, 5.74) is 1.41. The Morgan fingerprint density at radius 1 is 0.919 bits per heavy atom. The molecule has 5 rings (SSSR count). The monoisotopic (exact) mass is 527 g/mol. The lowest BCUT2D eigenvalue weighted by atomic mass is 10.0. The van der Waals surface area contributed by atoms with Crippen LogP contribution in [0.25, 0.3) is 0 Å². The zero-order valence-electron chi connectivity index (χ0n) is 21.5. The molecule has 4 heterocycles. The topological polar surface area (TPSA) is 111 Å². The van der Waals surface area contributed by atoms with Crippen LogP contribution in [-0.2, 0) is 10.0 Å². The van der Waals surface area contributed by atoms with Gasteiger partial charge in [-0.1, -0.05) is 0 Å². The van der Waals surface area contributed by atoms with Gasteiger partial charge in [-0.05, 0) is 81.9 Å². The average Bonchev–Trinajstić information content (AvgIpc) is 3.44. The maximum atomic E-state index is 12.7. The van der Waals surface area contributed by atoms with Gasteiger partial charge in [0.2, 0.25) is 16.0 Å². The molecule has 11 heteroatoms. The molecule has 3 aliphatic heterocycles. The third kappa shape index (κ3) is 6.58. The van der Waals surface area contributed by atoms with E-state index in [2.05, 4.69) is 25.4 Å². The van der Waals surface area contributed by atoms with Crippen LogP contribution < -0.4 is 15.5 Å². The summed E-state index contributed by atoms with van der Waals surface area (Å²) in [6.07, 6.45) is 9.21. The number of sulfonamides is 1. The van der Waals surface area contributed by atoms with E-state index in [1.807, 2.05) is 18.2 Å². The van der Waals surface area contributed by atoms with Gasteiger partial charge in [0.15, 0.2) is 0 Å². The maximum Gasteiger partial charge on any atom is 0.251 e. The number of hydrogen-bond donors (Lipinski definition) is 2. The highest BCUT2D eigenvalue weighted by atomic mass is 32.2. The van der Waals surface area contributed by atoms with Crippen LogP contribution in [0.1, 0.15) is 48.9 Å². The van der Waals surface area contributed by atoms with Crippen LogP contribution in [0, 0.1) is 0 Å². The number of hydrogen-bond acceptors (Lipinski definition) is 8. The van der Waals surface area contributed by atoms with Crippen molar-refractivity contribution in [2.75, 3.05) is 55.7 Å². The number of carbonyl (C=O) groups excluding carboxylic acids is 1. The van der Waals surface area contributed by atoms with E-state index in [4.69, 9.17) is 4.98 Å². The van der Waals surface area contributed by atoms with E-state index in [9.17, 15) is 13.2 Å². The Morgan fingerprint density at radius 3 is 2.24 bits per heavy atom. The van der Waals surface area contributed by atoms with Crippen molar-refractivity contribution in [1.29, 1.82) is 0 Å². The second kappa shape index (κ2) is 11.3. The highest BCUT2D eigenvalue weighted by Crippen LogP contribution is 2.24. The fourth-order valence-corrected chi connectivity index (χ4v) is 6.44. The number of piperidine rings is 2. The summed E-state index contributed by atoms with van der Waals surface area (Å²) in [5, 5.41) is 6.35. The minimum absolute atomic E-state index is 0.0249. The maximum absolute atomic E-state index is 12.7. The molecule has 200 valence electrons. The van der Waals surface area contributed by atoms with Crippen LogP contribution >= 0.6 is 0 Å². The summed E-state index contributed by atoms with van der Waals surface area (Å²) < 4.78 is 24.8. The standard InChI is InChI=1S/C26H37N7O3S/c1-37(35,36)33-18-9-22(10-19-33)29-25(34)20-4-6-21(7-5-20)28-24-8-13-27-26(30-24)32-16-11-23(12-17-32)31-14-2-3-15-31/h4-8,13,22-23H,2-3,9-12,14-19H2,1H3,(H,29,34)(H,27,28,30). The second-order valence-corrected chi connectivity index (χ2v) is 12.3. The minimum atomic E-state index is -3.18. The van der Waals surface area contributed by atoms with Crippen LogP contribution in [0.4, 0.5) is 17.5 Å². The molecule has 0 unspecified atom stereocenters. The van der Waals surface area contributed by atoms with E-state index in [-0.39, 0.29) is 11.9 Å². The zero-order chi connectivity index (χ0) is 25.8. The molecule has 3 fully saturated rings. The summed E-state index contributed by atoms with van der Waals surface area (Å²) in [4.78, 5) is 26.9. The zero-order valence-corrected chi connectivity index (χ0v) is 22.3. The van der Waals surface area contributed by atoms with Gasteiger partial charge in [0.1, 0.15) is 5.82 Å². The number of amides is 1. The number of nitrogens with one attached hydrogen (secondary N) is 2. The highest BCUT2D eigenvalue weighted by Gasteiger charge is 2.28. The number of rotatable bonds is 7. The van der Waals surface area contributed by atoms with Gasteiger partial charge in [-0.15, -0.1) is 0 Å². The van der Waals surface area contributed by atoms with E-state index in [1.54, 1.807) is 18.3 Å². The molecule has 1 amide bonds. The molecule has 0 bridgehead atoms. The Hall–Kier alpha value is -2.76. The highest BCUT2D eigenvalue weighted by molar-refractivity contribution is 7.88. The molecular weight excluding hydrogens is 490 g/mol. The first-order chi connectivity index (χ1) is 17.8. The molecule has 0 aliphatic carbocycles. The largest absolute Gasteiger partial charge is 0.349 e. The molecule has 1 aromatic carbocycles. The summed E-state index contributed by atoms with van der Waals surface area (Å²) in [6, 6.07) is 9.82. The summed E-state index contributed by atoms with van der Waals surface area (Å²) in [5.74, 6) is 1.33. The minimum Gasteiger partial charge on any atom is -0.349 e. The van der Waals surface area contributed by atoms with Gasteiger partial charge >= 0.3 is 0 Å². The quantitative estimate of drug-likeness (QED) is 0.565. The van der Waals surface area contributed by atoms with Crippen molar-refractivity contribution in [3.63, 3.8) is 0 Å². The Bertz CT molecular complexity index is 1170. The molecular formula is C26H37N7O3S. The molecule has 0 spiro atoms. The SMILES string of the molecule is CS(=O)(=O)N1CCC(NC(=O)c2ccc(Nc3ccnc(N4CCC(N5CCCC5)CC4)n3)cc2)CC1. The predicted octanol–water partition coefficient (Wildman–Crippen LogP) is 2.44. The first-order valence-electron chi connectivity index (χ1n) is 13.3. The van der Waals surface area contributed by atoms with E-state index >= 15 is 0 Å². The molecule has 3 aliphatic rings. The van der Waals surface area contributed by atoms with Crippen LogP contribution in [0.3, 0.4) is 0 Å². The van der Waals surface area contributed by atoms with Crippen molar-refractivity contribution < 1.29 is 13.2 Å². The predicted molar refractivity (Wildman–Crippen MR) is 145 cm³/mol. The smallest absolute Gasteiger partial charge is 0.251 e. The molecule has 0 radical (unpaired) electrons. The number of carbonyl (C=O) groups is 1. The van der Waals surface area contributed by atoms with Crippen molar-refractivity contribution in [2.45, 2.75) is 50.6 Å². The van der Waals surface area contributed by atoms with Gasteiger partial charge in [-0.3, -0.25) is 4.79 Å². The molecule has 1 aromatic heterocycles. The fraction of sp³-hybridized carbons (Fsp3) is 0.577. The van der Waals surface area contributed by atoms with Crippen molar-refractivity contribution >= 4 is 33.4 Å². The average molecular weight is 528 g/mol. The molecule has 2 N–H and O–H groups in total. The molecule has 0 saturated carbocycles. The summed E-state index contributed by atoms with van der Waals surface area (Å²) in [7, 11) is -3.18. The van der Waals surface area contributed by atoms with Crippen LogP contribution in [0.15, 0.2) is 36.5 Å². The van der Waals surface area contributed by atoms with Gasteiger partial charge in [-0.2, -0.15) is 4.98 Å². The summed E-state index contributed by atoms with van der Waals surface area (Å²) >= 11 is 0. The van der Waals surface area contributed by atoms with E-state index in [0.717, 1.165) is 43.4 Å². The van der Waals surface area contributed by atoms with Gasteiger partial charge in [0.05, 0.1) is 6.26 Å². The number of nitrogens with zero attached hydrogens (tertiary/aromatic N) is 5. The van der Waals surface area contributed by atoms with Crippen LogP contribution in [0.5, 0.6) is 0 Å². The van der Waals surface area contributed by atoms with Gasteiger partial charge in [0, 0.05) is 55.7 Å². The molecule has 10 nitrogen and oxygen atoms in total. The van der Waals surface area contributed by atoms with Crippen molar-refractivity contribution in [2.24, 2.45) is 0 Å². The van der Waals surface area contributed by atoms with E-state index in [1.165, 1.54) is 36.5 Å². The number of benzene rings is 1. The third-order valence-electron chi connectivity index (χ3n) is 7.72. The molecule has 37 heavy (non-hydrogen) atoms. The Balaban J connectivity index is 1.12. The molecule has 3 saturated heterocycles. The molecule has 2 aromatic rings. The van der Waals surface area contributed by atoms with Crippen LogP contribution in [0.2, 0.25) is 0 Å². The van der Waals surface area contributed by atoms with Gasteiger partial charge < -0.3 is 20.4 Å². The first kappa shape index (κ1) is 25.9. The van der Waals surface area contributed by atoms with E-state index < -0.39 is 10.0 Å². The van der Waals surface area contributed by atoms with Gasteiger partial charge in [0.25, 0.3) is 5.91 Å². The number of likely N-dealkylation sites (tertiary alicyclic amines) is 1. The first-order valence-corrected chi connectivity index (χ1v) is 15.1. The normalized spacial score (nSPS) is 20.7. The lowest BCUT2D eigenvalue weighted by molar-refractivity contribution is 0.0924. The lowest BCUT2D eigenvalue weighted by Gasteiger charge is -2.36. The van der Waals surface area contributed by atoms with Crippen molar-refractivity contribution in [1.82, 2.24) is 24.5 Å². The van der Waals surface area contributed by atoms with Crippen molar-refractivity contribution in [3.8, 4) is 0 Å². The molecule has 0 atom stereocenters. The Morgan fingerprint density at radius 2 is 1.59 bits per heavy atom. The number of anilines is 3. The lowest BCUT2D eigenvalue weighted by Crippen LogP contribution is -2.46.